The summed E-state index contributed by atoms with van der Waals surface area (Å²) in [5.74, 6) is 0.105. The number of nitrogens with zero attached hydrogens (tertiary/aromatic N) is 2. The number of aromatic nitrogens is 1. The lowest BCUT2D eigenvalue weighted by Crippen LogP contribution is -2.25. The Kier molecular flexibility index (Phi) is 10.2. The van der Waals surface area contributed by atoms with Crippen LogP contribution >= 0.6 is 11.8 Å². The maximum absolute atomic E-state index is 12.1. The van der Waals surface area contributed by atoms with Crippen LogP contribution in [0.15, 0.2) is 11.1 Å². The Balaban J connectivity index is 2.46. The van der Waals surface area contributed by atoms with Crippen molar-refractivity contribution in [2.75, 3.05) is 17.3 Å². The first-order valence-electron chi connectivity index (χ1n) is 9.18. The summed E-state index contributed by atoms with van der Waals surface area (Å²) in [4.78, 5) is 4.34. The molecule has 146 valence electrons. The molecule has 1 aromatic rings. The Labute approximate surface area is 162 Å². The van der Waals surface area contributed by atoms with E-state index in [1.165, 1.54) is 24.6 Å². The maximum Gasteiger partial charge on any atom is 0.152 e. The van der Waals surface area contributed by atoms with Gasteiger partial charge in [0, 0.05) is 11.4 Å². The van der Waals surface area contributed by atoms with Crippen LogP contribution in [0.3, 0.4) is 0 Å². The van der Waals surface area contributed by atoms with Crippen LogP contribution in [0.4, 0.5) is 0 Å². The average molecular weight is 399 g/mol. The first-order valence-corrected chi connectivity index (χ1v) is 12.0. The van der Waals surface area contributed by atoms with E-state index in [2.05, 4.69) is 18.0 Å². The van der Waals surface area contributed by atoms with Gasteiger partial charge in [-0.3, -0.25) is 0 Å². The normalized spacial score (nSPS) is 12.7. The molecule has 1 N–H and O–H groups in total. The Morgan fingerprint density at radius 1 is 1.23 bits per heavy atom. The molecule has 1 unspecified atom stereocenters. The molecular formula is C19H30N2O3S2. The second kappa shape index (κ2) is 11.6. The van der Waals surface area contributed by atoms with Gasteiger partial charge in [-0.15, -0.1) is 11.8 Å². The molecule has 0 fully saturated rings. The molecule has 1 heterocycles. The minimum atomic E-state index is -3.26. The zero-order chi connectivity index (χ0) is 19.6. The van der Waals surface area contributed by atoms with Crippen molar-refractivity contribution in [1.82, 2.24) is 4.98 Å². The summed E-state index contributed by atoms with van der Waals surface area (Å²) in [7, 11) is -3.26. The third-order valence-electron chi connectivity index (χ3n) is 4.09. The highest BCUT2D eigenvalue weighted by Gasteiger charge is 2.19. The molecule has 0 bridgehead atoms. The van der Waals surface area contributed by atoms with Gasteiger partial charge in [0.05, 0.1) is 23.2 Å². The van der Waals surface area contributed by atoms with Gasteiger partial charge in [0.15, 0.2) is 9.84 Å². The number of aryl methyl sites for hydroxylation is 2. The predicted octanol–water partition coefficient (Wildman–Crippen LogP) is 3.80. The van der Waals surface area contributed by atoms with Gasteiger partial charge < -0.3 is 5.11 Å². The monoisotopic (exact) mass is 398 g/mol. The molecule has 1 atom stereocenters. The minimum Gasteiger partial charge on any atom is -0.391 e. The number of sulfone groups is 1. The topological polar surface area (TPSA) is 91.1 Å². The van der Waals surface area contributed by atoms with Crippen molar-refractivity contribution >= 4 is 21.6 Å². The summed E-state index contributed by atoms with van der Waals surface area (Å²) >= 11 is 1.24. The van der Waals surface area contributed by atoms with Crippen LogP contribution in [0.2, 0.25) is 0 Å². The molecular weight excluding hydrogens is 368 g/mol. The number of hydrogen-bond donors (Lipinski definition) is 1. The Bertz CT molecular complexity index is 712. The average Bonchev–Trinajstić information content (AvgIpc) is 2.55. The van der Waals surface area contributed by atoms with Gasteiger partial charge in [0.2, 0.25) is 0 Å². The number of rotatable bonds is 12. The summed E-state index contributed by atoms with van der Waals surface area (Å²) in [6.07, 6.45) is 5.20. The van der Waals surface area contributed by atoms with E-state index in [0.29, 0.717) is 17.0 Å². The zero-order valence-corrected chi connectivity index (χ0v) is 17.6. The molecule has 0 aliphatic rings. The second-order valence-electron chi connectivity index (χ2n) is 6.72. The van der Waals surface area contributed by atoms with Crippen LogP contribution in [-0.4, -0.2) is 41.9 Å². The molecule has 0 radical (unpaired) electrons. The fourth-order valence-corrected chi connectivity index (χ4v) is 5.44. The summed E-state index contributed by atoms with van der Waals surface area (Å²) < 4.78 is 24.3. The highest BCUT2D eigenvalue weighted by Crippen LogP contribution is 2.24. The number of nitriles is 1. The van der Waals surface area contributed by atoms with E-state index < -0.39 is 15.9 Å². The third kappa shape index (κ3) is 8.52. The lowest BCUT2D eigenvalue weighted by molar-refractivity contribution is 0.222. The molecule has 7 heteroatoms. The summed E-state index contributed by atoms with van der Waals surface area (Å²) in [6, 6.07) is 3.97. The summed E-state index contributed by atoms with van der Waals surface area (Å²) in [6.45, 7) is 5.84. The molecule has 0 aliphatic heterocycles. The number of pyridine rings is 1. The highest BCUT2D eigenvalue weighted by molar-refractivity contribution is 7.99. The molecule has 1 rings (SSSR count). The fourth-order valence-electron chi connectivity index (χ4n) is 2.74. The molecule has 1 aromatic heterocycles. The van der Waals surface area contributed by atoms with E-state index in [0.717, 1.165) is 30.5 Å². The van der Waals surface area contributed by atoms with Gasteiger partial charge in [-0.2, -0.15) is 5.26 Å². The van der Waals surface area contributed by atoms with Crippen molar-refractivity contribution in [2.45, 2.75) is 70.4 Å². The van der Waals surface area contributed by atoms with Crippen LogP contribution in [0.25, 0.3) is 0 Å². The van der Waals surface area contributed by atoms with E-state index in [4.69, 9.17) is 0 Å². The quantitative estimate of drug-likeness (QED) is 0.425. The van der Waals surface area contributed by atoms with Gasteiger partial charge in [-0.25, -0.2) is 13.4 Å². The highest BCUT2D eigenvalue weighted by atomic mass is 32.2. The van der Waals surface area contributed by atoms with Gasteiger partial charge in [0.1, 0.15) is 11.1 Å². The van der Waals surface area contributed by atoms with E-state index in [1.54, 1.807) is 0 Å². The lowest BCUT2D eigenvalue weighted by Gasteiger charge is -2.12. The van der Waals surface area contributed by atoms with Crippen molar-refractivity contribution < 1.29 is 13.5 Å². The minimum absolute atomic E-state index is 0.131. The number of aliphatic hydroxyl groups excluding tert-OH is 1. The van der Waals surface area contributed by atoms with Crippen molar-refractivity contribution in [3.63, 3.8) is 0 Å². The molecule has 0 amide bonds. The van der Waals surface area contributed by atoms with Crippen LogP contribution in [0.1, 0.15) is 62.3 Å². The molecule has 0 saturated heterocycles. The standard InChI is InChI=1S/C19H30N2O3S2/c1-4-5-6-7-8-9-10-26(23,24)14-17(22)13-25-19-18(12-20)15(2)11-16(3)21-19/h11,17,22H,4-10,13-14H2,1-3H3. The number of hydrogen-bond acceptors (Lipinski definition) is 6. The fraction of sp³-hybridized carbons (Fsp3) is 0.684. The second-order valence-corrected chi connectivity index (χ2v) is 9.96. The molecule has 0 aromatic carbocycles. The Morgan fingerprint density at radius 3 is 2.54 bits per heavy atom. The number of aliphatic hydroxyl groups is 1. The summed E-state index contributed by atoms with van der Waals surface area (Å²) in [5.41, 5.74) is 2.13. The van der Waals surface area contributed by atoms with Crippen LogP contribution in [0.5, 0.6) is 0 Å². The zero-order valence-electron chi connectivity index (χ0n) is 16.0. The Hall–Kier alpha value is -1.10. The first kappa shape index (κ1) is 22.9. The molecule has 0 spiro atoms. The number of thioether (sulfide) groups is 1. The van der Waals surface area contributed by atoms with Gasteiger partial charge in [-0.1, -0.05) is 39.0 Å². The number of unbranched alkanes of at least 4 members (excludes halogenated alkanes) is 5. The van der Waals surface area contributed by atoms with Crippen molar-refractivity contribution in [3.8, 4) is 6.07 Å². The van der Waals surface area contributed by atoms with E-state index in [1.807, 2.05) is 19.9 Å². The summed E-state index contributed by atoms with van der Waals surface area (Å²) in [5, 5.41) is 19.9. The van der Waals surface area contributed by atoms with Gasteiger partial charge >= 0.3 is 0 Å². The first-order chi connectivity index (χ1) is 12.3. The van der Waals surface area contributed by atoms with E-state index in [-0.39, 0.29) is 17.3 Å². The third-order valence-corrected chi connectivity index (χ3v) is 7.01. The molecule has 0 aliphatic carbocycles. The maximum atomic E-state index is 12.1. The van der Waals surface area contributed by atoms with Crippen molar-refractivity contribution in [3.05, 3.63) is 22.9 Å². The predicted molar refractivity (Wildman–Crippen MR) is 107 cm³/mol. The SMILES string of the molecule is CCCCCCCCS(=O)(=O)CC(O)CSc1nc(C)cc(C)c1C#N. The van der Waals surface area contributed by atoms with Crippen molar-refractivity contribution in [1.29, 1.82) is 5.26 Å². The van der Waals surface area contributed by atoms with Crippen LogP contribution in [0, 0.1) is 25.2 Å². The van der Waals surface area contributed by atoms with Gasteiger partial charge in [-0.05, 0) is 31.9 Å². The smallest absolute Gasteiger partial charge is 0.152 e. The molecule has 26 heavy (non-hydrogen) atoms. The van der Waals surface area contributed by atoms with E-state index in [9.17, 15) is 18.8 Å². The van der Waals surface area contributed by atoms with Crippen LogP contribution < -0.4 is 0 Å². The van der Waals surface area contributed by atoms with E-state index >= 15 is 0 Å². The molecule has 5 nitrogen and oxygen atoms in total. The Morgan fingerprint density at radius 2 is 1.88 bits per heavy atom. The largest absolute Gasteiger partial charge is 0.391 e. The van der Waals surface area contributed by atoms with Gasteiger partial charge in [0.25, 0.3) is 0 Å². The van der Waals surface area contributed by atoms with Crippen LogP contribution in [-0.2, 0) is 9.84 Å². The van der Waals surface area contributed by atoms with Crippen molar-refractivity contribution in [2.24, 2.45) is 0 Å². The molecule has 0 saturated carbocycles. The lowest BCUT2D eigenvalue weighted by atomic mass is 10.1.